The summed E-state index contributed by atoms with van der Waals surface area (Å²) < 4.78 is 79.3. The van der Waals surface area contributed by atoms with Crippen LogP contribution in [0.2, 0.25) is 0 Å². The van der Waals surface area contributed by atoms with E-state index in [1.165, 1.54) is 12.5 Å². The Morgan fingerprint density at radius 2 is 1.04 bits per heavy atom. The summed E-state index contributed by atoms with van der Waals surface area (Å²) >= 11 is 0. The van der Waals surface area contributed by atoms with E-state index >= 15 is 4.79 Å². The summed E-state index contributed by atoms with van der Waals surface area (Å²) in [5.41, 5.74) is -1.71. The zero-order chi connectivity index (χ0) is 70.7. The highest BCUT2D eigenvalue weighted by Crippen LogP contribution is 2.73. The second-order valence-electron chi connectivity index (χ2n) is 29.7. The molecule has 11 rings (SSSR count). The number of aliphatic hydroxyl groups excluding tert-OH is 18. The SMILES string of the molecule is CCC(=O)C1CC(C)C2(CC3(C)CCC4=C(CCC5C4(C)CCC(OC4OC(COC6OCC(O)C(O)C6OC6OC(CO)C(O)C(OC7OC(CO)C(O)C(O)C7OC7OC(CO)C(O)C(O)C7O)C6OC6OC(C)C(O)C(O)C6O)C(O)C(O)C4O)C5(C)CO)C3(C)C2=O)O1. The van der Waals surface area contributed by atoms with E-state index in [2.05, 4.69) is 20.8 Å². The smallest absolute Gasteiger partial charge is 0.187 e. The molecule has 33 nitrogen and oxygen atoms in total. The van der Waals surface area contributed by atoms with E-state index in [1.54, 1.807) is 6.92 Å². The van der Waals surface area contributed by atoms with E-state index in [9.17, 15) is 96.7 Å². The number of hydrogen-bond donors (Lipinski definition) is 18. The lowest BCUT2D eigenvalue weighted by atomic mass is 9.44. The average Bonchev–Trinajstić information content (AvgIpc) is 1.54. The molecular weight excluding hydrogens is 1300 g/mol. The number of ether oxygens (including phenoxy) is 13. The first kappa shape index (κ1) is 76.0. The van der Waals surface area contributed by atoms with Crippen LogP contribution in [0, 0.1) is 33.5 Å². The van der Waals surface area contributed by atoms with Gasteiger partial charge in [0.2, 0.25) is 0 Å². The molecule has 0 aromatic heterocycles. The predicted molar refractivity (Wildman–Crippen MR) is 318 cm³/mol. The maximum atomic E-state index is 15.3. The number of Topliss-reactive ketones (excluding diaryl/α,β-unsaturated/α-hetero) is 2. The molecule has 0 aromatic carbocycles. The summed E-state index contributed by atoms with van der Waals surface area (Å²) in [7, 11) is 0. The van der Waals surface area contributed by atoms with Crippen molar-refractivity contribution in [3.63, 3.8) is 0 Å². The van der Waals surface area contributed by atoms with Gasteiger partial charge in [-0.25, -0.2) is 0 Å². The van der Waals surface area contributed by atoms with Crippen LogP contribution in [0.4, 0.5) is 0 Å². The van der Waals surface area contributed by atoms with E-state index in [1.807, 2.05) is 13.8 Å². The maximum absolute atomic E-state index is 15.3. The molecule has 0 amide bonds. The van der Waals surface area contributed by atoms with E-state index in [4.69, 9.17) is 61.6 Å². The van der Waals surface area contributed by atoms with Crippen molar-refractivity contribution in [3.05, 3.63) is 11.1 Å². The van der Waals surface area contributed by atoms with E-state index in [-0.39, 0.29) is 30.0 Å². The van der Waals surface area contributed by atoms with Gasteiger partial charge in [-0.1, -0.05) is 45.8 Å². The lowest BCUT2D eigenvalue weighted by Crippen LogP contribution is -2.69. The Morgan fingerprint density at radius 1 is 0.526 bits per heavy atom. The van der Waals surface area contributed by atoms with Crippen molar-refractivity contribution in [2.24, 2.45) is 33.5 Å². The molecule has 4 aliphatic carbocycles. The van der Waals surface area contributed by atoms with E-state index in [0.717, 1.165) is 5.57 Å². The van der Waals surface area contributed by atoms with Crippen LogP contribution in [-0.2, 0) is 71.2 Å². The number of hydrogen-bond acceptors (Lipinski definition) is 33. The van der Waals surface area contributed by atoms with Crippen LogP contribution < -0.4 is 0 Å². The summed E-state index contributed by atoms with van der Waals surface area (Å²) in [6, 6.07) is 0. The average molecular weight is 1400 g/mol. The Kier molecular flexibility index (Phi) is 22.8. The molecule has 33 heteroatoms. The number of allylic oxidation sites excluding steroid dienone is 2. The summed E-state index contributed by atoms with van der Waals surface area (Å²) in [4.78, 5) is 28.3. The van der Waals surface area contributed by atoms with Gasteiger partial charge in [0.05, 0.1) is 57.3 Å². The van der Waals surface area contributed by atoms with Crippen molar-refractivity contribution in [1.29, 1.82) is 0 Å². The molecule has 7 aliphatic heterocycles. The molecule has 97 heavy (non-hydrogen) atoms. The van der Waals surface area contributed by atoms with Crippen molar-refractivity contribution in [3.8, 4) is 0 Å². The third kappa shape index (κ3) is 12.9. The molecule has 38 atom stereocenters. The van der Waals surface area contributed by atoms with Gasteiger partial charge in [-0.05, 0) is 87.9 Å². The normalized spacial score (nSPS) is 54.2. The first-order valence-electron chi connectivity index (χ1n) is 34.0. The third-order valence-electron chi connectivity index (χ3n) is 24.2. The topological polar surface area (TPSA) is 518 Å². The zero-order valence-corrected chi connectivity index (χ0v) is 55.3. The van der Waals surface area contributed by atoms with Crippen LogP contribution in [0.3, 0.4) is 0 Å². The van der Waals surface area contributed by atoms with Crippen molar-refractivity contribution in [2.45, 2.75) is 302 Å². The minimum absolute atomic E-state index is 0.0181. The Labute approximate surface area is 559 Å². The molecule has 18 N–H and O–H groups in total. The molecule has 7 heterocycles. The molecule has 556 valence electrons. The largest absolute Gasteiger partial charge is 0.396 e. The first-order valence-corrected chi connectivity index (χ1v) is 34.0. The van der Waals surface area contributed by atoms with Gasteiger partial charge in [0.15, 0.2) is 49.3 Å². The predicted octanol–water partition coefficient (Wildman–Crippen LogP) is -6.61. The number of rotatable bonds is 19. The summed E-state index contributed by atoms with van der Waals surface area (Å²) in [6.45, 7) is 8.61. The molecule has 7 saturated heterocycles. The minimum Gasteiger partial charge on any atom is -0.396 e. The summed E-state index contributed by atoms with van der Waals surface area (Å²) in [5.74, 6) is -0.399. The highest BCUT2D eigenvalue weighted by molar-refractivity contribution is 6.00. The van der Waals surface area contributed by atoms with Gasteiger partial charge in [0.25, 0.3) is 0 Å². The third-order valence-corrected chi connectivity index (χ3v) is 24.2. The highest BCUT2D eigenvalue weighted by atomic mass is 16.8. The molecule has 11 aliphatic rings. The fraction of sp³-hybridized carbons (Fsp3) is 0.938. The van der Waals surface area contributed by atoms with Crippen molar-refractivity contribution >= 4 is 11.6 Å². The van der Waals surface area contributed by atoms with E-state index < -0.39 is 251 Å². The van der Waals surface area contributed by atoms with Crippen molar-refractivity contribution in [2.75, 3.05) is 39.6 Å². The Balaban J connectivity index is 0.827. The maximum Gasteiger partial charge on any atom is 0.187 e. The molecular formula is C64H102O33. The van der Waals surface area contributed by atoms with Gasteiger partial charge >= 0.3 is 0 Å². The lowest BCUT2D eigenvalue weighted by Gasteiger charge is -2.62. The van der Waals surface area contributed by atoms with Crippen molar-refractivity contribution in [1.82, 2.24) is 0 Å². The van der Waals surface area contributed by atoms with Gasteiger partial charge in [-0.15, -0.1) is 0 Å². The van der Waals surface area contributed by atoms with Gasteiger partial charge in [0, 0.05) is 11.8 Å². The summed E-state index contributed by atoms with van der Waals surface area (Å²) in [6.07, 6.45) is -52.5. The minimum atomic E-state index is -2.17. The molecule has 0 bridgehead atoms. The van der Waals surface area contributed by atoms with Crippen molar-refractivity contribution < 1.29 is 163 Å². The van der Waals surface area contributed by atoms with Crippen LogP contribution >= 0.6 is 0 Å². The van der Waals surface area contributed by atoms with Crippen LogP contribution in [0.25, 0.3) is 0 Å². The Morgan fingerprint density at radius 3 is 1.66 bits per heavy atom. The highest BCUT2D eigenvalue weighted by Gasteiger charge is 2.74. The van der Waals surface area contributed by atoms with Crippen LogP contribution in [0.1, 0.15) is 106 Å². The first-order chi connectivity index (χ1) is 45.7. The fourth-order valence-electron chi connectivity index (χ4n) is 18.0. The number of carbonyl (C=O) groups excluding carboxylic acids is 2. The molecule has 2 saturated carbocycles. The van der Waals surface area contributed by atoms with Gasteiger partial charge in [-0.3, -0.25) is 9.59 Å². The van der Waals surface area contributed by atoms with Gasteiger partial charge in [-0.2, -0.15) is 0 Å². The molecule has 38 unspecified atom stereocenters. The number of ketones is 2. The van der Waals surface area contributed by atoms with Crippen LogP contribution in [-0.4, -0.2) is 339 Å². The number of aliphatic hydroxyl groups is 18. The van der Waals surface area contributed by atoms with Crippen LogP contribution in [0.15, 0.2) is 11.1 Å². The van der Waals surface area contributed by atoms with E-state index in [0.29, 0.717) is 57.8 Å². The lowest BCUT2D eigenvalue weighted by molar-refractivity contribution is -0.414. The quantitative estimate of drug-likeness (QED) is 0.0535. The fourth-order valence-corrected chi connectivity index (χ4v) is 18.0. The monoisotopic (exact) mass is 1400 g/mol. The molecule has 1 spiro atoms. The van der Waals surface area contributed by atoms with Gasteiger partial charge in [0.1, 0.15) is 146 Å². The Hall–Kier alpha value is -2.16. The standard InChI is InChI=1S/C64H102O33/c1-8-27(69)29-15-23(2)64(97-29)21-60(4)13-11-25-26(63(60,7)59(64)84)9-10-34-61(25,5)14-12-35(62(34,6)22-68)92-54-47(82)44(79)40(75)33(91-54)20-86-56-50(37(72)28(70)19-85-56)95-58-52(96-53-46(81)42(77)36(71)24(3)87-53)49(41(76)32(18-67)90-58)93-57-51(45(80)39(74)31(17-66)89-57)94-55-48(83)43(78)38(73)30(16-65)88-55/h23-24,28-58,65-68,70-83H,8-22H2,1-7H3. The number of carbonyl (C=O) groups is 2. The molecule has 9 fully saturated rings. The second-order valence-corrected chi connectivity index (χ2v) is 29.7. The second kappa shape index (κ2) is 29.1. The summed E-state index contributed by atoms with van der Waals surface area (Å²) in [5, 5.41) is 199. The van der Waals surface area contributed by atoms with Gasteiger partial charge < -0.3 is 153 Å². The number of fused-ring (bicyclic) bond motifs is 4. The zero-order valence-electron chi connectivity index (χ0n) is 55.3. The van der Waals surface area contributed by atoms with Crippen LogP contribution in [0.5, 0.6) is 0 Å². The Bertz CT molecular complexity index is 2770. The molecule has 0 aromatic rings. The molecule has 0 radical (unpaired) electrons.